The van der Waals surface area contributed by atoms with Gasteiger partial charge >= 0.3 is 5.97 Å². The number of amides is 1. The van der Waals surface area contributed by atoms with Crippen LogP contribution in [0.15, 0.2) is 34.5 Å². The molecule has 1 aromatic heterocycles. The third-order valence-corrected chi connectivity index (χ3v) is 5.61. The number of halogens is 1. The van der Waals surface area contributed by atoms with Crippen molar-refractivity contribution in [1.82, 2.24) is 4.98 Å². The van der Waals surface area contributed by atoms with E-state index >= 15 is 0 Å². The Kier molecular flexibility index (Phi) is 6.51. The first-order valence-corrected chi connectivity index (χ1v) is 10.1. The Morgan fingerprint density at radius 1 is 1.28 bits per heavy atom. The van der Waals surface area contributed by atoms with Crippen molar-refractivity contribution in [3.8, 4) is 0 Å². The van der Waals surface area contributed by atoms with Gasteiger partial charge in [0.15, 0.2) is 15.0 Å². The Balaban J connectivity index is 1.97. The third-order valence-electron chi connectivity index (χ3n) is 2.92. The molecule has 0 radical (unpaired) electrons. The summed E-state index contributed by atoms with van der Waals surface area (Å²) in [5.41, 5.74) is 0.444. The Hall–Kier alpha value is -1.97. The first-order chi connectivity index (χ1) is 11.8. The number of rotatable bonds is 7. The summed E-state index contributed by atoms with van der Waals surface area (Å²) >= 11 is 6.82. The fourth-order valence-corrected chi connectivity index (χ4v) is 3.85. The molecule has 0 saturated heterocycles. The maximum Gasteiger partial charge on any atom is 0.311 e. The van der Waals surface area contributed by atoms with Gasteiger partial charge in [0.25, 0.3) is 0 Å². The second-order valence-electron chi connectivity index (χ2n) is 4.89. The number of thiazole rings is 1. The van der Waals surface area contributed by atoms with Crippen LogP contribution < -0.4 is 5.32 Å². The SMILES string of the molecule is CCOC(=O)Cc1csc(NC(=O)CS(=O)(=O)c2ccc(Cl)cc2)n1. The highest BCUT2D eigenvalue weighted by Gasteiger charge is 2.20. The number of nitrogens with zero attached hydrogens (tertiary/aromatic N) is 1. The summed E-state index contributed by atoms with van der Waals surface area (Å²) in [7, 11) is -3.78. The van der Waals surface area contributed by atoms with Gasteiger partial charge in [-0.1, -0.05) is 11.6 Å². The first-order valence-electron chi connectivity index (χ1n) is 7.18. The van der Waals surface area contributed by atoms with Gasteiger partial charge in [0.05, 0.1) is 23.6 Å². The van der Waals surface area contributed by atoms with Crippen molar-refractivity contribution < 1.29 is 22.7 Å². The topological polar surface area (TPSA) is 102 Å². The molecule has 25 heavy (non-hydrogen) atoms. The molecular formula is C15H15ClN2O5S2. The van der Waals surface area contributed by atoms with Gasteiger partial charge in [-0.2, -0.15) is 0 Å². The second kappa shape index (κ2) is 8.41. The van der Waals surface area contributed by atoms with Crippen LogP contribution in [0.2, 0.25) is 5.02 Å². The van der Waals surface area contributed by atoms with Crippen LogP contribution in [0.3, 0.4) is 0 Å². The molecule has 1 heterocycles. The van der Waals surface area contributed by atoms with E-state index in [2.05, 4.69) is 10.3 Å². The largest absolute Gasteiger partial charge is 0.466 e. The highest BCUT2D eigenvalue weighted by molar-refractivity contribution is 7.92. The number of carbonyl (C=O) groups is 2. The summed E-state index contributed by atoms with van der Waals surface area (Å²) in [5.74, 6) is -1.86. The van der Waals surface area contributed by atoms with Crippen LogP contribution in [0.5, 0.6) is 0 Å². The van der Waals surface area contributed by atoms with Gasteiger partial charge in [-0.05, 0) is 31.2 Å². The number of benzene rings is 1. The van der Waals surface area contributed by atoms with Crippen LogP contribution in [0.4, 0.5) is 5.13 Å². The number of aromatic nitrogens is 1. The predicted octanol–water partition coefficient (Wildman–Crippen LogP) is 2.31. The zero-order valence-corrected chi connectivity index (χ0v) is 15.6. The summed E-state index contributed by atoms with van der Waals surface area (Å²) in [5, 5.41) is 4.63. The maximum absolute atomic E-state index is 12.2. The monoisotopic (exact) mass is 402 g/mol. The second-order valence-corrected chi connectivity index (χ2v) is 8.17. The van der Waals surface area contributed by atoms with Crippen LogP contribution in [0, 0.1) is 0 Å². The molecule has 7 nitrogen and oxygen atoms in total. The number of ether oxygens (including phenoxy) is 1. The highest BCUT2D eigenvalue weighted by atomic mass is 35.5. The van der Waals surface area contributed by atoms with E-state index < -0.39 is 27.5 Å². The van der Waals surface area contributed by atoms with Gasteiger partial charge in [-0.15, -0.1) is 11.3 Å². The minimum Gasteiger partial charge on any atom is -0.466 e. The fraction of sp³-hybridized carbons (Fsp3) is 0.267. The van der Waals surface area contributed by atoms with Crippen molar-refractivity contribution in [2.75, 3.05) is 17.7 Å². The molecule has 0 unspecified atom stereocenters. The molecule has 134 valence electrons. The number of esters is 1. The predicted molar refractivity (Wildman–Crippen MR) is 94.6 cm³/mol. The molecule has 0 fully saturated rings. The molecule has 0 aliphatic heterocycles. The zero-order valence-electron chi connectivity index (χ0n) is 13.2. The number of anilines is 1. The minimum absolute atomic E-state index is 0.00851. The lowest BCUT2D eigenvalue weighted by Crippen LogP contribution is -2.23. The average molecular weight is 403 g/mol. The molecule has 0 bridgehead atoms. The van der Waals surface area contributed by atoms with Gasteiger partial charge in [-0.25, -0.2) is 13.4 Å². The highest BCUT2D eigenvalue weighted by Crippen LogP contribution is 2.18. The first kappa shape index (κ1) is 19.4. The summed E-state index contributed by atoms with van der Waals surface area (Å²) < 4.78 is 29.2. The molecule has 0 aliphatic rings. The smallest absolute Gasteiger partial charge is 0.311 e. The Morgan fingerprint density at radius 2 is 1.96 bits per heavy atom. The van der Waals surface area contributed by atoms with Crippen molar-refractivity contribution in [3.63, 3.8) is 0 Å². The summed E-state index contributed by atoms with van der Waals surface area (Å²) in [6, 6.07) is 5.56. The Labute approximate surface area is 153 Å². The van der Waals surface area contributed by atoms with Crippen LogP contribution in [0.25, 0.3) is 0 Å². The molecule has 2 aromatic rings. The number of carbonyl (C=O) groups excluding carboxylic acids is 2. The van der Waals surface area contributed by atoms with Gasteiger partial charge in [0, 0.05) is 10.4 Å². The number of sulfone groups is 1. The Morgan fingerprint density at radius 3 is 2.60 bits per heavy atom. The lowest BCUT2D eigenvalue weighted by molar-refractivity contribution is -0.142. The molecule has 1 N–H and O–H groups in total. The lowest BCUT2D eigenvalue weighted by atomic mass is 10.3. The number of hydrogen-bond acceptors (Lipinski definition) is 7. The Bertz CT molecular complexity index is 862. The standard InChI is InChI=1S/C15H15ClN2O5S2/c1-2-23-14(20)7-11-8-24-15(17-11)18-13(19)9-25(21,22)12-5-3-10(16)4-6-12/h3-6,8H,2,7,9H2,1H3,(H,17,18,19). The maximum atomic E-state index is 12.2. The third kappa shape index (κ3) is 5.80. The van der Waals surface area contributed by atoms with Gasteiger partial charge in [-0.3, -0.25) is 9.59 Å². The van der Waals surface area contributed by atoms with Crippen LogP contribution in [-0.4, -0.2) is 37.6 Å². The molecule has 0 spiro atoms. The van der Waals surface area contributed by atoms with E-state index in [1.165, 1.54) is 24.3 Å². The van der Waals surface area contributed by atoms with E-state index in [1.807, 2.05) is 0 Å². The van der Waals surface area contributed by atoms with Crippen molar-refractivity contribution in [3.05, 3.63) is 40.4 Å². The molecule has 1 aromatic carbocycles. The van der Waals surface area contributed by atoms with E-state index in [0.29, 0.717) is 10.7 Å². The van der Waals surface area contributed by atoms with Gasteiger partial charge in [0.1, 0.15) is 5.75 Å². The van der Waals surface area contributed by atoms with E-state index in [1.54, 1.807) is 12.3 Å². The molecule has 0 saturated carbocycles. The summed E-state index contributed by atoms with van der Waals surface area (Å²) in [6.45, 7) is 1.97. The summed E-state index contributed by atoms with van der Waals surface area (Å²) in [6.07, 6.45) is -0.0106. The average Bonchev–Trinajstić information content (AvgIpc) is 2.94. The van der Waals surface area contributed by atoms with E-state index in [4.69, 9.17) is 16.3 Å². The molecular weight excluding hydrogens is 388 g/mol. The number of nitrogens with one attached hydrogen (secondary N) is 1. The zero-order chi connectivity index (χ0) is 18.4. The lowest BCUT2D eigenvalue weighted by Gasteiger charge is -2.04. The molecule has 2 rings (SSSR count). The van der Waals surface area contributed by atoms with Crippen molar-refractivity contribution in [2.24, 2.45) is 0 Å². The summed E-state index contributed by atoms with van der Waals surface area (Å²) in [4.78, 5) is 27.4. The van der Waals surface area contributed by atoms with Gasteiger partial charge in [0.2, 0.25) is 5.91 Å². The van der Waals surface area contributed by atoms with Crippen LogP contribution in [-0.2, 0) is 30.6 Å². The van der Waals surface area contributed by atoms with Crippen molar-refractivity contribution >= 4 is 49.8 Å². The van der Waals surface area contributed by atoms with Crippen LogP contribution >= 0.6 is 22.9 Å². The van der Waals surface area contributed by atoms with Crippen molar-refractivity contribution in [2.45, 2.75) is 18.2 Å². The number of hydrogen-bond donors (Lipinski definition) is 1. The van der Waals surface area contributed by atoms with E-state index in [9.17, 15) is 18.0 Å². The van der Waals surface area contributed by atoms with Crippen molar-refractivity contribution in [1.29, 1.82) is 0 Å². The van der Waals surface area contributed by atoms with Gasteiger partial charge < -0.3 is 10.1 Å². The molecule has 0 atom stereocenters. The minimum atomic E-state index is -3.78. The molecule has 1 amide bonds. The fourth-order valence-electron chi connectivity index (χ4n) is 1.86. The van der Waals surface area contributed by atoms with E-state index in [-0.39, 0.29) is 23.1 Å². The molecule has 10 heteroatoms. The normalized spacial score (nSPS) is 11.1. The van der Waals surface area contributed by atoms with E-state index in [0.717, 1.165) is 11.3 Å². The quantitative estimate of drug-likeness (QED) is 0.713. The van der Waals surface area contributed by atoms with Crippen LogP contribution in [0.1, 0.15) is 12.6 Å². The molecule has 0 aliphatic carbocycles.